The fraction of sp³-hybridized carbons (Fsp3) is 0.378. The van der Waals surface area contributed by atoms with Gasteiger partial charge in [-0.3, -0.25) is 15.1 Å². The molecule has 15 heteroatoms. The minimum Gasteiger partial charge on any atom is -0.508 e. The normalized spacial score (nSPS) is 12.7. The molecule has 0 saturated heterocycles. The first kappa shape index (κ1) is 47.0. The van der Waals surface area contributed by atoms with Gasteiger partial charge in [0.2, 0.25) is 11.9 Å². The summed E-state index contributed by atoms with van der Waals surface area (Å²) in [5.41, 5.74) is 5.46. The minimum absolute atomic E-state index is 0.227. The van der Waals surface area contributed by atoms with Gasteiger partial charge in [0, 0.05) is 53.5 Å². The fourth-order valence-electron chi connectivity index (χ4n) is 6.58. The Morgan fingerprint density at radius 3 is 1.30 bits per heavy atom. The van der Waals surface area contributed by atoms with Crippen molar-refractivity contribution in [1.29, 1.82) is 5.26 Å². The molecule has 60 heavy (non-hydrogen) atoms. The number of hydrogen-bond acceptors (Lipinski definition) is 15. The number of hydrogen-bond donors (Lipinski definition) is 3. The number of nitrogens with zero attached hydrogens (tertiary/aromatic N) is 6. The van der Waals surface area contributed by atoms with Gasteiger partial charge >= 0.3 is 0 Å². The number of aromatic hydroxyl groups is 2. The van der Waals surface area contributed by atoms with E-state index in [1.54, 1.807) is 76.7 Å². The molecule has 5 rings (SSSR count). The summed E-state index contributed by atoms with van der Waals surface area (Å²) in [5, 5.41) is 31.7. The van der Waals surface area contributed by atoms with Crippen molar-refractivity contribution in [3.05, 3.63) is 136 Å². The van der Waals surface area contributed by atoms with Crippen LogP contribution in [0.15, 0.2) is 97.1 Å². The molecule has 320 valence electrons. The Kier molecular flexibility index (Phi) is 17.7. The van der Waals surface area contributed by atoms with Crippen molar-refractivity contribution in [3.63, 3.8) is 0 Å². The Bertz CT molecular complexity index is 2030. The molecule has 5 aromatic rings. The largest absolute Gasteiger partial charge is 0.508 e. The summed E-state index contributed by atoms with van der Waals surface area (Å²) < 4.78 is 31.3. The summed E-state index contributed by atoms with van der Waals surface area (Å²) in [5.74, 6) is 1.57. The zero-order valence-corrected chi connectivity index (χ0v) is 35.9. The van der Waals surface area contributed by atoms with Gasteiger partial charge in [0.15, 0.2) is 12.1 Å². The van der Waals surface area contributed by atoms with Gasteiger partial charge < -0.3 is 38.6 Å². The zero-order valence-electron chi connectivity index (χ0n) is 35.9. The maximum absolute atomic E-state index is 9.83. The van der Waals surface area contributed by atoms with Crippen molar-refractivity contribution < 1.29 is 38.6 Å². The van der Waals surface area contributed by atoms with Crippen molar-refractivity contribution in [3.8, 4) is 17.6 Å². The summed E-state index contributed by atoms with van der Waals surface area (Å²) in [4.78, 5) is 16.9. The Labute approximate surface area is 353 Å². The summed E-state index contributed by atoms with van der Waals surface area (Å²) in [7, 11) is 9.41. The number of methoxy groups -OCH3 is 6. The van der Waals surface area contributed by atoms with Crippen LogP contribution in [-0.4, -0.2) is 101 Å². The summed E-state index contributed by atoms with van der Waals surface area (Å²) in [6.07, 6.45) is -0.607. The first-order valence-electron chi connectivity index (χ1n) is 19.1. The summed E-state index contributed by atoms with van der Waals surface area (Å²) in [6, 6.07) is 33.2. The van der Waals surface area contributed by atoms with E-state index in [4.69, 9.17) is 28.4 Å². The van der Waals surface area contributed by atoms with Gasteiger partial charge in [0.1, 0.15) is 38.4 Å². The van der Waals surface area contributed by atoms with E-state index >= 15 is 0 Å². The molecule has 0 aliphatic carbocycles. The van der Waals surface area contributed by atoms with E-state index in [1.165, 1.54) is 5.56 Å². The first-order chi connectivity index (χ1) is 28.9. The van der Waals surface area contributed by atoms with E-state index < -0.39 is 11.6 Å². The molecule has 0 radical (unpaired) electrons. The molecular formula is C45H57N7O8. The van der Waals surface area contributed by atoms with E-state index in [0.717, 1.165) is 22.3 Å². The van der Waals surface area contributed by atoms with E-state index in [9.17, 15) is 15.5 Å². The maximum atomic E-state index is 9.83. The van der Waals surface area contributed by atoms with Crippen molar-refractivity contribution in [1.82, 2.24) is 20.3 Å². The van der Waals surface area contributed by atoms with E-state index in [2.05, 4.69) is 71.4 Å². The van der Waals surface area contributed by atoms with Gasteiger partial charge in [-0.05, 0) is 71.1 Å². The van der Waals surface area contributed by atoms with E-state index in [1.807, 2.05) is 48.5 Å². The van der Waals surface area contributed by atoms with Crippen LogP contribution in [0.5, 0.6) is 11.5 Å². The molecule has 0 fully saturated rings. The van der Waals surface area contributed by atoms with E-state index in [0.29, 0.717) is 23.3 Å². The predicted octanol–water partition coefficient (Wildman–Crippen LogP) is 6.39. The van der Waals surface area contributed by atoms with Gasteiger partial charge in [-0.25, -0.2) is 0 Å². The molecule has 4 aromatic carbocycles. The third-order valence-corrected chi connectivity index (χ3v) is 10.0. The van der Waals surface area contributed by atoms with Crippen LogP contribution in [0, 0.1) is 11.3 Å². The predicted molar refractivity (Wildman–Crippen MR) is 229 cm³/mol. The minimum atomic E-state index is -0.607. The average molecular weight is 824 g/mol. The number of nitrogens with one attached hydrogen (secondary N) is 1. The molecule has 2 atom stereocenters. The van der Waals surface area contributed by atoms with E-state index in [-0.39, 0.29) is 50.6 Å². The molecule has 2 unspecified atom stereocenters. The maximum Gasteiger partial charge on any atom is 0.234 e. The Morgan fingerprint density at radius 1 is 0.567 bits per heavy atom. The Balaban J connectivity index is 0.000000271. The van der Waals surface area contributed by atoms with Crippen LogP contribution < -0.4 is 15.1 Å². The second-order valence-electron chi connectivity index (χ2n) is 14.4. The first-order valence-corrected chi connectivity index (χ1v) is 19.1. The monoisotopic (exact) mass is 823 g/mol. The standard InChI is InChI=1S/C30H27NO2.C15H30N6O6/c1-29(2,23-12-16-27(32)17-13-23)22-8-10-25(11-9-22)30(3,26-14-18-28(33)19-15-26)24-6-4-21(20-31)5-7-24;1-22-7-16-13(27-6)12-17-14(20(8-23-2)9-24-3)19-15(18-12)21(10-25-4)11-26-5/h4-19,32-33H,1-3H3;13,16H,7-11H2,1-6H3. The number of benzene rings is 4. The molecule has 0 aliphatic rings. The molecule has 0 spiro atoms. The van der Waals surface area contributed by atoms with Gasteiger partial charge in [0.05, 0.1) is 18.4 Å². The fourth-order valence-corrected chi connectivity index (χ4v) is 6.58. The molecule has 0 amide bonds. The van der Waals surface area contributed by atoms with Gasteiger partial charge in [-0.2, -0.15) is 20.2 Å². The molecule has 1 heterocycles. The lowest BCUT2D eigenvalue weighted by molar-refractivity contribution is 0.0310. The highest BCUT2D eigenvalue weighted by Crippen LogP contribution is 2.41. The molecule has 3 N–H and O–H groups in total. The molecule has 15 nitrogen and oxygen atoms in total. The van der Waals surface area contributed by atoms with Gasteiger partial charge in [0.25, 0.3) is 0 Å². The number of anilines is 2. The molecule has 0 saturated carbocycles. The van der Waals surface area contributed by atoms with Gasteiger partial charge in [-0.15, -0.1) is 0 Å². The van der Waals surface area contributed by atoms with Crippen molar-refractivity contribution in [2.75, 3.05) is 86.1 Å². The zero-order chi connectivity index (χ0) is 43.7. The highest BCUT2D eigenvalue weighted by Gasteiger charge is 2.32. The number of rotatable bonds is 20. The van der Waals surface area contributed by atoms with Crippen LogP contribution in [0.4, 0.5) is 11.9 Å². The SMILES string of the molecule is CC(C)(c1ccc(O)cc1)c1ccc(C(C)(c2ccc(O)cc2)c2ccc(C#N)cc2)cc1.COCNC(OC)c1nc(N(COC)COC)nc(N(COC)COC)n1. The number of nitriles is 1. The van der Waals surface area contributed by atoms with Crippen LogP contribution in [0.25, 0.3) is 0 Å². The lowest BCUT2D eigenvalue weighted by Crippen LogP contribution is -2.35. The number of phenolic OH excluding ortho intramolecular Hbond substituents is 2. The lowest BCUT2D eigenvalue weighted by Gasteiger charge is -2.33. The number of aromatic nitrogens is 3. The number of ether oxygens (including phenoxy) is 6. The third kappa shape index (κ3) is 11.7. The Morgan fingerprint density at radius 2 is 0.933 bits per heavy atom. The van der Waals surface area contributed by atoms with Crippen molar-refractivity contribution >= 4 is 11.9 Å². The van der Waals surface area contributed by atoms with Crippen molar-refractivity contribution in [2.24, 2.45) is 0 Å². The topological polar surface area (TPSA) is 177 Å². The third-order valence-electron chi connectivity index (χ3n) is 10.0. The summed E-state index contributed by atoms with van der Waals surface area (Å²) >= 11 is 0. The lowest BCUT2D eigenvalue weighted by atomic mass is 9.70. The second-order valence-corrected chi connectivity index (χ2v) is 14.4. The van der Waals surface area contributed by atoms with Crippen LogP contribution in [0.1, 0.15) is 66.2 Å². The highest BCUT2D eigenvalue weighted by atomic mass is 16.5. The highest BCUT2D eigenvalue weighted by molar-refractivity contribution is 5.53. The van der Waals surface area contributed by atoms with Crippen LogP contribution in [-0.2, 0) is 39.3 Å². The number of phenols is 2. The van der Waals surface area contributed by atoms with Crippen LogP contribution >= 0.6 is 0 Å². The quantitative estimate of drug-likeness (QED) is 0.0581. The average Bonchev–Trinajstić information content (AvgIpc) is 3.27. The Hall–Kier alpha value is -5.70. The molecule has 0 bridgehead atoms. The van der Waals surface area contributed by atoms with Crippen LogP contribution in [0.2, 0.25) is 0 Å². The molecule has 0 aliphatic heterocycles. The second kappa shape index (κ2) is 22.6. The van der Waals surface area contributed by atoms with Crippen LogP contribution in [0.3, 0.4) is 0 Å². The molecule has 1 aromatic heterocycles. The van der Waals surface area contributed by atoms with Crippen molar-refractivity contribution in [2.45, 2.75) is 37.8 Å². The van der Waals surface area contributed by atoms with Gasteiger partial charge in [-0.1, -0.05) is 74.5 Å². The smallest absolute Gasteiger partial charge is 0.234 e. The summed E-state index contributed by atoms with van der Waals surface area (Å²) in [6.45, 7) is 7.70. The molecular weight excluding hydrogens is 767 g/mol.